The number of carbonyl (C=O) groups excluding carboxylic acids is 1. The highest BCUT2D eigenvalue weighted by Crippen LogP contribution is 2.45. The van der Waals surface area contributed by atoms with Crippen molar-refractivity contribution in [2.45, 2.75) is 91.0 Å². The van der Waals surface area contributed by atoms with Crippen molar-refractivity contribution in [1.82, 2.24) is 4.23 Å². The molecule has 0 fully saturated rings. The number of benzene rings is 1. The van der Waals surface area contributed by atoms with Gasteiger partial charge in [0.1, 0.15) is 5.60 Å². The molecular formula is C25H38N4O4Si. The van der Waals surface area contributed by atoms with Crippen LogP contribution >= 0.6 is 0 Å². The maximum Gasteiger partial charge on any atom is 0.321 e. The predicted octanol–water partition coefficient (Wildman–Crippen LogP) is 7.19. The molecule has 0 saturated heterocycles. The fourth-order valence-corrected chi connectivity index (χ4v) is 12.2. The first-order chi connectivity index (χ1) is 15.7. The molecule has 0 saturated carbocycles. The van der Waals surface area contributed by atoms with Gasteiger partial charge in [-0.3, -0.25) is 9.59 Å². The molecule has 0 bridgehead atoms. The van der Waals surface area contributed by atoms with E-state index < -0.39 is 31.7 Å². The van der Waals surface area contributed by atoms with Crippen molar-refractivity contribution in [3.8, 4) is 0 Å². The highest BCUT2D eigenvalue weighted by atomic mass is 28.3. The van der Waals surface area contributed by atoms with Gasteiger partial charge in [0.25, 0.3) is 0 Å². The Morgan fingerprint density at radius 3 is 2.12 bits per heavy atom. The zero-order valence-electron chi connectivity index (χ0n) is 21.8. The normalized spacial score (nSPS) is 13.4. The van der Waals surface area contributed by atoms with Gasteiger partial charge in [0.15, 0.2) is 14.2 Å². The van der Waals surface area contributed by atoms with Crippen molar-refractivity contribution in [3.63, 3.8) is 0 Å². The highest BCUT2D eigenvalue weighted by molar-refractivity contribution is 6.82. The molecule has 0 aliphatic heterocycles. The van der Waals surface area contributed by atoms with Crippen molar-refractivity contribution < 1.29 is 19.4 Å². The first kappa shape index (κ1) is 27.5. The highest BCUT2D eigenvalue weighted by Gasteiger charge is 2.46. The molecule has 0 spiro atoms. The molecular weight excluding hydrogens is 448 g/mol. The number of hydrogen-bond donors (Lipinski definition) is 1. The van der Waals surface area contributed by atoms with E-state index in [1.165, 1.54) is 0 Å². The van der Waals surface area contributed by atoms with E-state index in [0.29, 0.717) is 22.3 Å². The van der Waals surface area contributed by atoms with E-state index in [1.807, 2.05) is 18.3 Å². The molecule has 34 heavy (non-hydrogen) atoms. The third-order valence-electron chi connectivity index (χ3n) is 6.64. The molecule has 1 aromatic heterocycles. The second-order valence-corrected chi connectivity index (χ2v) is 16.6. The van der Waals surface area contributed by atoms with Crippen LogP contribution in [0, 0.1) is 5.92 Å². The van der Waals surface area contributed by atoms with Crippen molar-refractivity contribution in [2.75, 3.05) is 0 Å². The number of carboxylic acids is 1. The van der Waals surface area contributed by atoms with Gasteiger partial charge < -0.3 is 14.1 Å². The first-order valence-electron chi connectivity index (χ1n) is 11.8. The topological polar surface area (TPSA) is 117 Å². The summed E-state index contributed by atoms with van der Waals surface area (Å²) < 4.78 is 7.76. The van der Waals surface area contributed by atoms with Crippen LogP contribution < -0.4 is 0 Å². The summed E-state index contributed by atoms with van der Waals surface area (Å²) in [6.07, 6.45) is 2.06. The van der Waals surface area contributed by atoms with Gasteiger partial charge in [0.2, 0.25) is 0 Å². The number of ether oxygens (including phenoxy) is 1. The molecule has 186 valence electrons. The Hall–Kier alpha value is -2.77. The van der Waals surface area contributed by atoms with Gasteiger partial charge in [0.05, 0.1) is 0 Å². The minimum absolute atomic E-state index is 0.0212. The molecule has 8 nitrogen and oxygen atoms in total. The summed E-state index contributed by atoms with van der Waals surface area (Å²) in [5, 5.41) is 14.5. The maximum absolute atomic E-state index is 12.8. The lowest BCUT2D eigenvalue weighted by atomic mass is 9.98. The number of rotatable bonds is 9. The Labute approximate surface area is 203 Å². The number of esters is 1. The number of aliphatic carboxylic acids is 1. The van der Waals surface area contributed by atoms with Gasteiger partial charge in [-0.2, -0.15) is 0 Å². The summed E-state index contributed by atoms with van der Waals surface area (Å²) in [6, 6.07) is 5.46. The Morgan fingerprint density at radius 1 is 1.12 bits per heavy atom. The molecule has 0 aliphatic carbocycles. The molecule has 0 aliphatic rings. The van der Waals surface area contributed by atoms with Crippen molar-refractivity contribution in [2.24, 2.45) is 11.0 Å². The van der Waals surface area contributed by atoms with E-state index in [0.717, 1.165) is 16.5 Å². The van der Waals surface area contributed by atoms with Crippen molar-refractivity contribution >= 4 is 36.8 Å². The number of nitrogens with zero attached hydrogens (tertiary/aromatic N) is 4. The van der Waals surface area contributed by atoms with E-state index in [4.69, 9.17) is 10.3 Å². The summed E-state index contributed by atoms with van der Waals surface area (Å²) in [7, 11) is -2.22. The number of carboxylic acid groups (broad SMARTS) is 1. The van der Waals surface area contributed by atoms with E-state index >= 15 is 0 Å². The van der Waals surface area contributed by atoms with Crippen molar-refractivity contribution in [3.05, 3.63) is 40.4 Å². The third-order valence-corrected chi connectivity index (χ3v) is 13.4. The summed E-state index contributed by atoms with van der Waals surface area (Å²) in [6.45, 7) is 18.6. The van der Waals surface area contributed by atoms with Gasteiger partial charge in [-0.1, -0.05) is 58.8 Å². The SMILES string of the molecule is CC(C)[Si](C(C)C)(C(C)C)n1cc(CC(C(=O)O)C(=O)OC(C)(C)C)c2ccc(N=[N+]=[N-])cc21. The lowest BCUT2D eigenvalue weighted by Gasteiger charge is -2.44. The molecule has 0 radical (unpaired) electrons. The van der Waals surface area contributed by atoms with Crippen molar-refractivity contribution in [1.29, 1.82) is 0 Å². The van der Waals surface area contributed by atoms with Crippen LogP contribution in [0.2, 0.25) is 16.6 Å². The molecule has 2 aromatic rings. The minimum Gasteiger partial charge on any atom is -0.481 e. The average Bonchev–Trinajstić information content (AvgIpc) is 3.02. The Bertz CT molecular complexity index is 1090. The Balaban J connectivity index is 2.81. The van der Waals surface area contributed by atoms with Crippen LogP contribution in [0.4, 0.5) is 5.69 Å². The lowest BCUT2D eigenvalue weighted by Crippen LogP contribution is -2.51. The molecule has 1 aromatic carbocycles. The quantitative estimate of drug-likeness (QED) is 0.101. The van der Waals surface area contributed by atoms with Crippen LogP contribution in [0.1, 0.15) is 67.9 Å². The number of hydrogen-bond acceptors (Lipinski definition) is 4. The van der Waals surface area contributed by atoms with Gasteiger partial charge in [-0.05, 0) is 67.2 Å². The zero-order chi connectivity index (χ0) is 26.0. The van der Waals surface area contributed by atoms with Crippen LogP contribution in [-0.2, 0) is 20.7 Å². The van der Waals surface area contributed by atoms with E-state index in [1.54, 1.807) is 26.8 Å². The number of fused-ring (bicyclic) bond motifs is 1. The standard InChI is InChI=1S/C25H38N4O4Si/c1-15(2)34(16(3)4,17(5)6)29-14-18(20-11-10-19(27-28-26)13-22(20)29)12-21(23(30)31)24(32)33-25(7,8)9/h10-11,13-17,21H,12H2,1-9H3,(H,30,31). The lowest BCUT2D eigenvalue weighted by molar-refractivity contribution is -0.166. The minimum atomic E-state index is -2.22. The second kappa shape index (κ2) is 10.2. The monoisotopic (exact) mass is 486 g/mol. The number of aromatic nitrogens is 1. The molecule has 2 rings (SSSR count). The van der Waals surface area contributed by atoms with Crippen LogP contribution in [0.5, 0.6) is 0 Å². The third kappa shape index (κ3) is 5.31. The summed E-state index contributed by atoms with van der Waals surface area (Å²) in [4.78, 5) is 27.8. The van der Waals surface area contributed by atoms with Crippen LogP contribution in [0.15, 0.2) is 29.5 Å². The second-order valence-electron chi connectivity index (χ2n) is 10.9. The van der Waals surface area contributed by atoms with Gasteiger partial charge in [0, 0.05) is 21.5 Å². The molecule has 1 heterocycles. The van der Waals surface area contributed by atoms with E-state index in [-0.39, 0.29) is 6.42 Å². The van der Waals surface area contributed by atoms with E-state index in [9.17, 15) is 14.7 Å². The summed E-state index contributed by atoms with van der Waals surface area (Å²) >= 11 is 0. The summed E-state index contributed by atoms with van der Waals surface area (Å²) in [5.74, 6) is -3.27. The Morgan fingerprint density at radius 2 is 1.68 bits per heavy atom. The molecule has 0 amide bonds. The van der Waals surface area contributed by atoms with Crippen LogP contribution in [0.3, 0.4) is 0 Å². The number of carbonyl (C=O) groups is 2. The van der Waals surface area contributed by atoms with Crippen LogP contribution in [-0.4, -0.2) is 35.1 Å². The number of azide groups is 1. The van der Waals surface area contributed by atoms with Gasteiger partial charge in [-0.25, -0.2) is 0 Å². The molecule has 1 N–H and O–H groups in total. The fraction of sp³-hybridized carbons (Fsp3) is 0.600. The van der Waals surface area contributed by atoms with Gasteiger partial charge >= 0.3 is 11.9 Å². The zero-order valence-corrected chi connectivity index (χ0v) is 22.8. The first-order valence-corrected chi connectivity index (χ1v) is 14.0. The smallest absolute Gasteiger partial charge is 0.321 e. The van der Waals surface area contributed by atoms with Crippen LogP contribution in [0.25, 0.3) is 21.3 Å². The predicted molar refractivity (Wildman–Crippen MR) is 138 cm³/mol. The largest absolute Gasteiger partial charge is 0.481 e. The van der Waals surface area contributed by atoms with E-state index in [2.05, 4.69) is 55.8 Å². The molecule has 1 unspecified atom stereocenters. The maximum atomic E-state index is 12.8. The summed E-state index contributed by atoms with van der Waals surface area (Å²) in [5.41, 5.74) is 11.5. The Kier molecular flexibility index (Phi) is 8.27. The fourth-order valence-electron chi connectivity index (χ4n) is 5.58. The molecule has 1 atom stereocenters. The average molecular weight is 487 g/mol. The molecule has 9 heteroatoms. The van der Waals surface area contributed by atoms with Gasteiger partial charge in [-0.15, -0.1) is 0 Å².